The van der Waals surface area contributed by atoms with Crippen LogP contribution in [0.25, 0.3) is 0 Å². The van der Waals surface area contributed by atoms with Gasteiger partial charge in [0.05, 0.1) is 12.2 Å². The van der Waals surface area contributed by atoms with Gasteiger partial charge in [0.15, 0.2) is 5.13 Å². The van der Waals surface area contributed by atoms with Gasteiger partial charge >= 0.3 is 6.03 Å². The highest BCUT2D eigenvalue weighted by Gasteiger charge is 2.17. The molecule has 0 aliphatic rings. The zero-order valence-corrected chi connectivity index (χ0v) is 9.85. The van der Waals surface area contributed by atoms with E-state index in [2.05, 4.69) is 10.3 Å². The zero-order chi connectivity index (χ0) is 12.1. The molecule has 4 nitrogen and oxygen atoms in total. The third-order valence-electron chi connectivity index (χ3n) is 1.86. The number of nitrogens with one attached hydrogen (secondary N) is 1. The summed E-state index contributed by atoms with van der Waals surface area (Å²) in [5.41, 5.74) is 0.789. The number of aryl methyl sites for hydroxylation is 1. The number of hydrogen-bond donors (Lipinski definition) is 1. The summed E-state index contributed by atoms with van der Waals surface area (Å²) in [4.78, 5) is 16.6. The maximum absolute atomic E-state index is 12.1. The molecule has 16 heavy (non-hydrogen) atoms. The van der Waals surface area contributed by atoms with Crippen molar-refractivity contribution in [2.75, 3.05) is 18.4 Å². The Morgan fingerprint density at radius 2 is 2.38 bits per heavy atom. The Bertz CT molecular complexity index is 356. The molecular weight excluding hydrogens is 236 g/mol. The van der Waals surface area contributed by atoms with E-state index >= 15 is 0 Å². The summed E-state index contributed by atoms with van der Waals surface area (Å²) >= 11 is 1.27. The van der Waals surface area contributed by atoms with Gasteiger partial charge in [-0.15, -0.1) is 11.3 Å². The van der Waals surface area contributed by atoms with Crippen molar-refractivity contribution < 1.29 is 13.6 Å². The molecule has 0 aliphatic carbocycles. The first kappa shape index (κ1) is 12.8. The van der Waals surface area contributed by atoms with E-state index in [4.69, 9.17) is 0 Å². The van der Waals surface area contributed by atoms with Gasteiger partial charge in [-0.05, 0) is 13.8 Å². The first-order chi connectivity index (χ1) is 7.52. The summed E-state index contributed by atoms with van der Waals surface area (Å²) < 4.78 is 24.3. The highest BCUT2D eigenvalue weighted by atomic mass is 32.1. The number of urea groups is 1. The molecule has 1 aromatic rings. The smallest absolute Gasteiger partial charge is 0.319 e. The van der Waals surface area contributed by atoms with Crippen LogP contribution in [-0.4, -0.2) is 35.4 Å². The molecule has 90 valence electrons. The summed E-state index contributed by atoms with van der Waals surface area (Å²) in [5, 5.41) is 4.68. The number of carbonyl (C=O) groups is 1. The average molecular weight is 249 g/mol. The number of alkyl halides is 2. The van der Waals surface area contributed by atoms with Crippen molar-refractivity contribution in [3.63, 3.8) is 0 Å². The minimum Gasteiger partial charge on any atom is -0.319 e. The van der Waals surface area contributed by atoms with Crippen LogP contribution in [0, 0.1) is 6.92 Å². The van der Waals surface area contributed by atoms with Gasteiger partial charge in [0.2, 0.25) is 0 Å². The van der Waals surface area contributed by atoms with Crippen molar-refractivity contribution in [3.8, 4) is 0 Å². The second kappa shape index (κ2) is 5.74. The van der Waals surface area contributed by atoms with Gasteiger partial charge in [0.25, 0.3) is 6.43 Å². The van der Waals surface area contributed by atoms with Crippen LogP contribution in [0.2, 0.25) is 0 Å². The van der Waals surface area contributed by atoms with Crippen LogP contribution in [0.4, 0.5) is 18.7 Å². The quantitative estimate of drug-likeness (QED) is 0.891. The largest absolute Gasteiger partial charge is 0.323 e. The molecule has 0 aromatic carbocycles. The molecule has 2 amide bonds. The molecule has 1 heterocycles. The molecule has 0 unspecified atom stereocenters. The van der Waals surface area contributed by atoms with Crippen LogP contribution < -0.4 is 5.32 Å². The molecule has 7 heteroatoms. The lowest BCUT2D eigenvalue weighted by Gasteiger charge is -2.19. The molecule has 1 aromatic heterocycles. The molecule has 0 atom stereocenters. The summed E-state index contributed by atoms with van der Waals surface area (Å²) in [6, 6.07) is -0.544. The number of anilines is 1. The first-order valence-corrected chi connectivity index (χ1v) is 5.67. The van der Waals surface area contributed by atoms with Gasteiger partial charge < -0.3 is 4.90 Å². The minimum atomic E-state index is -2.52. The fourth-order valence-corrected chi connectivity index (χ4v) is 1.78. The van der Waals surface area contributed by atoms with Crippen LogP contribution in [0.5, 0.6) is 0 Å². The van der Waals surface area contributed by atoms with Crippen molar-refractivity contribution in [2.24, 2.45) is 0 Å². The lowest BCUT2D eigenvalue weighted by molar-refractivity contribution is 0.104. The molecule has 0 bridgehead atoms. The molecule has 0 spiro atoms. The number of hydrogen-bond acceptors (Lipinski definition) is 3. The van der Waals surface area contributed by atoms with Crippen molar-refractivity contribution in [3.05, 3.63) is 11.1 Å². The Morgan fingerprint density at radius 3 is 2.81 bits per heavy atom. The van der Waals surface area contributed by atoms with Gasteiger partial charge in [0.1, 0.15) is 0 Å². The highest BCUT2D eigenvalue weighted by molar-refractivity contribution is 7.13. The van der Waals surface area contributed by atoms with E-state index in [0.29, 0.717) is 5.13 Å². The second-order valence-corrected chi connectivity index (χ2v) is 4.01. The number of nitrogens with zero attached hydrogens (tertiary/aromatic N) is 2. The highest BCUT2D eigenvalue weighted by Crippen LogP contribution is 2.15. The zero-order valence-electron chi connectivity index (χ0n) is 9.04. The number of halogens is 2. The van der Waals surface area contributed by atoms with Gasteiger partial charge in [0, 0.05) is 11.9 Å². The lowest BCUT2D eigenvalue weighted by atomic mass is 10.5. The first-order valence-electron chi connectivity index (χ1n) is 4.79. The van der Waals surface area contributed by atoms with E-state index < -0.39 is 19.0 Å². The average Bonchev–Trinajstić information content (AvgIpc) is 2.60. The maximum Gasteiger partial charge on any atom is 0.323 e. The molecule has 0 fully saturated rings. The van der Waals surface area contributed by atoms with E-state index in [9.17, 15) is 13.6 Å². The molecular formula is C9H13F2N3OS. The second-order valence-electron chi connectivity index (χ2n) is 3.15. The van der Waals surface area contributed by atoms with Gasteiger partial charge in [-0.25, -0.2) is 18.6 Å². The number of thiazole rings is 1. The van der Waals surface area contributed by atoms with Gasteiger partial charge in [-0.2, -0.15) is 0 Å². The van der Waals surface area contributed by atoms with Crippen molar-refractivity contribution in [2.45, 2.75) is 20.3 Å². The number of carbonyl (C=O) groups excluding carboxylic acids is 1. The number of aromatic nitrogens is 1. The molecule has 0 saturated carbocycles. The van der Waals surface area contributed by atoms with E-state index in [1.54, 1.807) is 19.2 Å². The SMILES string of the molecule is CCN(CC(F)F)C(=O)Nc1nc(C)cs1. The molecule has 0 aliphatic heterocycles. The van der Waals surface area contributed by atoms with Crippen LogP contribution in [0.1, 0.15) is 12.6 Å². The number of rotatable bonds is 4. The van der Waals surface area contributed by atoms with E-state index in [0.717, 1.165) is 10.6 Å². The standard InChI is InChI=1S/C9H13F2N3OS/c1-3-14(4-7(10)11)9(15)13-8-12-6(2)5-16-8/h5,7H,3-4H2,1-2H3,(H,12,13,15). The van der Waals surface area contributed by atoms with E-state index in [1.807, 2.05) is 0 Å². The number of amides is 2. The Kier molecular flexibility index (Phi) is 4.60. The third kappa shape index (κ3) is 3.73. The van der Waals surface area contributed by atoms with Crippen LogP contribution in [0.3, 0.4) is 0 Å². The van der Waals surface area contributed by atoms with Crippen LogP contribution >= 0.6 is 11.3 Å². The molecule has 0 saturated heterocycles. The summed E-state index contributed by atoms with van der Waals surface area (Å²) in [7, 11) is 0. The predicted molar refractivity (Wildman–Crippen MR) is 59.1 cm³/mol. The minimum absolute atomic E-state index is 0.237. The molecule has 1 N–H and O–H groups in total. The van der Waals surface area contributed by atoms with Crippen molar-refractivity contribution in [1.29, 1.82) is 0 Å². The van der Waals surface area contributed by atoms with Crippen molar-refractivity contribution >= 4 is 22.5 Å². The van der Waals surface area contributed by atoms with Crippen molar-refractivity contribution in [1.82, 2.24) is 9.88 Å². The van der Waals surface area contributed by atoms with E-state index in [1.165, 1.54) is 11.3 Å². The van der Waals surface area contributed by atoms with Gasteiger partial charge in [-0.3, -0.25) is 5.32 Å². The maximum atomic E-state index is 12.1. The summed E-state index contributed by atoms with van der Waals surface area (Å²) in [5.74, 6) is 0. The fraction of sp³-hybridized carbons (Fsp3) is 0.556. The Labute approximate surface area is 96.3 Å². The normalized spacial score (nSPS) is 10.6. The predicted octanol–water partition coefficient (Wildman–Crippen LogP) is 2.57. The topological polar surface area (TPSA) is 45.2 Å². The Hall–Kier alpha value is -1.24. The van der Waals surface area contributed by atoms with Gasteiger partial charge in [-0.1, -0.05) is 0 Å². The monoisotopic (exact) mass is 249 g/mol. The Morgan fingerprint density at radius 1 is 1.69 bits per heavy atom. The van der Waals surface area contributed by atoms with Crippen LogP contribution in [0.15, 0.2) is 5.38 Å². The third-order valence-corrected chi connectivity index (χ3v) is 2.74. The molecule has 0 radical (unpaired) electrons. The molecule has 1 rings (SSSR count). The Balaban J connectivity index is 2.55. The lowest BCUT2D eigenvalue weighted by Crippen LogP contribution is -2.38. The van der Waals surface area contributed by atoms with Crippen LogP contribution in [-0.2, 0) is 0 Å². The van der Waals surface area contributed by atoms with E-state index in [-0.39, 0.29) is 6.54 Å². The fourth-order valence-electron chi connectivity index (χ4n) is 1.10. The summed E-state index contributed by atoms with van der Waals surface area (Å²) in [6.07, 6.45) is -2.52. The summed E-state index contributed by atoms with van der Waals surface area (Å²) in [6.45, 7) is 3.12.